The zero-order chi connectivity index (χ0) is 23.0. The average molecular weight is 457 g/mol. The Morgan fingerprint density at radius 1 is 1.00 bits per heavy atom. The summed E-state index contributed by atoms with van der Waals surface area (Å²) in [7, 11) is -1.03. The Kier molecular flexibility index (Phi) is 5.99. The molecule has 0 aromatic heterocycles. The van der Waals surface area contributed by atoms with Gasteiger partial charge >= 0.3 is 0 Å². The van der Waals surface area contributed by atoms with E-state index in [0.717, 1.165) is 31.2 Å². The Morgan fingerprint density at radius 3 is 2.16 bits per heavy atom. The molecule has 2 amide bonds. The molecule has 32 heavy (non-hydrogen) atoms. The molecular formula is C24H28N2O5S. The number of likely N-dealkylation sites (tertiary alicyclic amines) is 1. The Balaban J connectivity index is 1.65. The van der Waals surface area contributed by atoms with Gasteiger partial charge in [-0.25, -0.2) is 8.42 Å². The second kappa shape index (κ2) is 8.58. The molecule has 0 spiro atoms. The molecule has 2 aliphatic rings. The molecule has 1 aliphatic heterocycles. The van der Waals surface area contributed by atoms with Gasteiger partial charge in [-0.3, -0.25) is 18.8 Å². The topological polar surface area (TPSA) is 84.0 Å². The molecular weight excluding hydrogens is 428 g/mol. The number of carbonyl (C=O) groups excluding carboxylic acids is 2. The second-order valence-electron chi connectivity index (χ2n) is 8.55. The quantitative estimate of drug-likeness (QED) is 0.621. The Bertz CT molecular complexity index is 1120. The number of amides is 2. The third kappa shape index (κ3) is 3.88. The summed E-state index contributed by atoms with van der Waals surface area (Å²) in [5, 5.41) is 0. The van der Waals surface area contributed by atoms with E-state index < -0.39 is 10.0 Å². The molecule has 0 bridgehead atoms. The van der Waals surface area contributed by atoms with Crippen molar-refractivity contribution in [3.8, 4) is 5.75 Å². The van der Waals surface area contributed by atoms with Crippen LogP contribution in [0.25, 0.3) is 0 Å². The predicted octanol–water partition coefficient (Wildman–Crippen LogP) is 3.50. The largest absolute Gasteiger partial charge is 0.495 e. The molecule has 0 N–H and O–H groups in total. The lowest BCUT2D eigenvalue weighted by Crippen LogP contribution is -2.31. The highest BCUT2D eigenvalue weighted by Crippen LogP contribution is 2.39. The fraction of sp³-hybridized carbons (Fsp3) is 0.417. The first-order chi connectivity index (χ1) is 15.2. The van der Waals surface area contributed by atoms with Crippen LogP contribution in [0.5, 0.6) is 5.75 Å². The third-order valence-electron chi connectivity index (χ3n) is 6.54. The van der Waals surface area contributed by atoms with E-state index in [0.29, 0.717) is 11.3 Å². The molecule has 2 aromatic rings. The van der Waals surface area contributed by atoms with E-state index in [9.17, 15) is 18.0 Å². The van der Waals surface area contributed by atoms with E-state index in [1.165, 1.54) is 29.4 Å². The maximum Gasteiger partial charge on any atom is 0.267 e. The molecule has 4 rings (SSSR count). The maximum absolute atomic E-state index is 13.4. The first-order valence-corrected chi connectivity index (χ1v) is 12.3. The summed E-state index contributed by atoms with van der Waals surface area (Å²) in [5.74, 6) is -0.537. The predicted molar refractivity (Wildman–Crippen MR) is 121 cm³/mol. The van der Waals surface area contributed by atoms with Gasteiger partial charge in [0.15, 0.2) is 0 Å². The molecule has 0 radical (unpaired) electrons. The van der Waals surface area contributed by atoms with Gasteiger partial charge in [-0.15, -0.1) is 0 Å². The number of methoxy groups -OCH3 is 1. The molecule has 0 unspecified atom stereocenters. The van der Waals surface area contributed by atoms with Gasteiger partial charge in [-0.05, 0) is 49.6 Å². The summed E-state index contributed by atoms with van der Waals surface area (Å²) < 4.78 is 33.4. The molecule has 2 aromatic carbocycles. The zero-order valence-corrected chi connectivity index (χ0v) is 19.4. The fourth-order valence-electron chi connectivity index (χ4n) is 4.63. The summed E-state index contributed by atoms with van der Waals surface area (Å²) in [6.07, 6.45) is 3.42. The van der Waals surface area contributed by atoms with E-state index in [-0.39, 0.29) is 40.8 Å². The van der Waals surface area contributed by atoms with Crippen LogP contribution in [0.2, 0.25) is 0 Å². The zero-order valence-electron chi connectivity index (χ0n) is 18.6. The van der Waals surface area contributed by atoms with Crippen molar-refractivity contribution in [2.24, 2.45) is 11.8 Å². The van der Waals surface area contributed by atoms with Gasteiger partial charge in [0.1, 0.15) is 10.6 Å². The first kappa shape index (κ1) is 22.3. The summed E-state index contributed by atoms with van der Waals surface area (Å²) in [5.41, 5.74) is 2.12. The SMILES string of the molecule is COc1ccc(CN2C(=O)[C@@H]3CCCC[C@H]3C2=O)cc1S(=O)(=O)N(C)c1ccc(C)cc1. The van der Waals surface area contributed by atoms with Crippen LogP contribution in [-0.4, -0.2) is 39.3 Å². The smallest absolute Gasteiger partial charge is 0.267 e. The van der Waals surface area contributed by atoms with Crippen LogP contribution < -0.4 is 9.04 Å². The van der Waals surface area contributed by atoms with Gasteiger partial charge < -0.3 is 4.74 Å². The number of anilines is 1. The van der Waals surface area contributed by atoms with Gasteiger partial charge in [0, 0.05) is 7.05 Å². The van der Waals surface area contributed by atoms with Gasteiger partial charge in [-0.1, -0.05) is 36.6 Å². The Morgan fingerprint density at radius 2 is 1.59 bits per heavy atom. The number of hydrogen-bond donors (Lipinski definition) is 0. The molecule has 1 heterocycles. The monoisotopic (exact) mass is 456 g/mol. The summed E-state index contributed by atoms with van der Waals surface area (Å²) in [6, 6.07) is 12.0. The van der Waals surface area contributed by atoms with Crippen LogP contribution in [0, 0.1) is 18.8 Å². The second-order valence-corrected chi connectivity index (χ2v) is 10.5. The molecule has 8 heteroatoms. The molecule has 2 atom stereocenters. The third-order valence-corrected chi connectivity index (χ3v) is 8.34. The lowest BCUT2D eigenvalue weighted by atomic mass is 9.81. The fourth-order valence-corrected chi connectivity index (χ4v) is 6.03. The van der Waals surface area contributed by atoms with Crippen molar-refractivity contribution in [2.75, 3.05) is 18.5 Å². The number of nitrogens with zero attached hydrogens (tertiary/aromatic N) is 2. The number of rotatable bonds is 6. The number of benzene rings is 2. The van der Waals surface area contributed by atoms with Crippen molar-refractivity contribution in [3.63, 3.8) is 0 Å². The van der Waals surface area contributed by atoms with Crippen LogP contribution in [-0.2, 0) is 26.2 Å². The number of imide groups is 1. The van der Waals surface area contributed by atoms with Crippen molar-refractivity contribution in [3.05, 3.63) is 53.6 Å². The van der Waals surface area contributed by atoms with Crippen molar-refractivity contribution < 1.29 is 22.7 Å². The molecule has 7 nitrogen and oxygen atoms in total. The molecule has 1 aliphatic carbocycles. The minimum Gasteiger partial charge on any atom is -0.495 e. The number of hydrogen-bond acceptors (Lipinski definition) is 5. The van der Waals surface area contributed by atoms with Crippen molar-refractivity contribution in [1.29, 1.82) is 0 Å². The Hall–Kier alpha value is -2.87. The van der Waals surface area contributed by atoms with E-state index in [1.807, 2.05) is 19.1 Å². The normalized spacial score (nSPS) is 20.9. The van der Waals surface area contributed by atoms with Crippen molar-refractivity contribution >= 4 is 27.5 Å². The summed E-state index contributed by atoms with van der Waals surface area (Å²) in [4.78, 5) is 27.0. The summed E-state index contributed by atoms with van der Waals surface area (Å²) in [6.45, 7) is 1.99. The minimum atomic E-state index is -3.93. The van der Waals surface area contributed by atoms with Crippen LogP contribution in [0.4, 0.5) is 5.69 Å². The highest BCUT2D eigenvalue weighted by molar-refractivity contribution is 7.92. The van der Waals surface area contributed by atoms with E-state index in [4.69, 9.17) is 4.74 Å². The van der Waals surface area contributed by atoms with E-state index in [2.05, 4.69) is 0 Å². The van der Waals surface area contributed by atoms with Crippen LogP contribution in [0.3, 0.4) is 0 Å². The number of sulfonamides is 1. The van der Waals surface area contributed by atoms with Gasteiger partial charge in [0.2, 0.25) is 11.8 Å². The highest BCUT2D eigenvalue weighted by atomic mass is 32.2. The van der Waals surface area contributed by atoms with Crippen molar-refractivity contribution in [2.45, 2.75) is 44.0 Å². The lowest BCUT2D eigenvalue weighted by Gasteiger charge is -2.22. The van der Waals surface area contributed by atoms with E-state index in [1.54, 1.807) is 24.3 Å². The molecule has 1 saturated heterocycles. The lowest BCUT2D eigenvalue weighted by molar-refractivity contribution is -0.140. The molecule has 170 valence electrons. The van der Waals surface area contributed by atoms with E-state index >= 15 is 0 Å². The first-order valence-electron chi connectivity index (χ1n) is 10.8. The van der Waals surface area contributed by atoms with Crippen LogP contribution in [0.1, 0.15) is 36.8 Å². The summed E-state index contributed by atoms with van der Waals surface area (Å²) >= 11 is 0. The number of carbonyl (C=O) groups is 2. The van der Waals surface area contributed by atoms with Crippen molar-refractivity contribution in [1.82, 2.24) is 4.90 Å². The number of fused-ring (bicyclic) bond motifs is 1. The highest BCUT2D eigenvalue weighted by Gasteiger charge is 2.48. The van der Waals surface area contributed by atoms with Crippen LogP contribution in [0.15, 0.2) is 47.4 Å². The minimum absolute atomic E-state index is 0.00270. The van der Waals surface area contributed by atoms with Gasteiger partial charge in [0.25, 0.3) is 10.0 Å². The number of aryl methyl sites for hydroxylation is 1. The van der Waals surface area contributed by atoms with Gasteiger partial charge in [-0.2, -0.15) is 0 Å². The van der Waals surface area contributed by atoms with Crippen LogP contribution >= 0.6 is 0 Å². The Labute approximate surface area is 189 Å². The molecule has 1 saturated carbocycles. The average Bonchev–Trinajstić information content (AvgIpc) is 3.04. The maximum atomic E-state index is 13.4. The standard InChI is InChI=1S/C24H28N2O5S/c1-16-8-11-18(12-9-16)25(2)32(29,30)22-14-17(10-13-21(22)31-3)15-26-23(27)19-6-4-5-7-20(19)24(26)28/h8-14,19-20H,4-7,15H2,1-3H3/t19-,20-/m1/s1. The molecule has 2 fully saturated rings. The number of ether oxygens (including phenoxy) is 1. The van der Waals surface area contributed by atoms with Gasteiger partial charge in [0.05, 0.1) is 31.2 Å².